The van der Waals surface area contributed by atoms with Gasteiger partial charge in [0.2, 0.25) is 10.0 Å². The van der Waals surface area contributed by atoms with Gasteiger partial charge in [-0.05, 0) is 48.4 Å². The molecule has 6 nitrogen and oxygen atoms in total. The monoisotopic (exact) mass is 429 g/mol. The predicted molar refractivity (Wildman–Crippen MR) is 124 cm³/mol. The molecule has 2 aromatic rings. The fourth-order valence-electron chi connectivity index (χ4n) is 3.15. The first kappa shape index (κ1) is 23.6. The second kappa shape index (κ2) is 9.00. The third-order valence-electron chi connectivity index (χ3n) is 4.89. The normalized spacial score (nSPS) is 12.6. The molecule has 7 heteroatoms. The molecule has 0 radical (unpaired) electrons. The molecular weight excluding hydrogens is 398 g/mol. The van der Waals surface area contributed by atoms with Crippen molar-refractivity contribution in [2.75, 3.05) is 17.1 Å². The van der Waals surface area contributed by atoms with Gasteiger partial charge in [0.15, 0.2) is 0 Å². The zero-order valence-corrected chi connectivity index (χ0v) is 19.6. The highest BCUT2D eigenvalue weighted by Gasteiger charge is 2.23. The zero-order chi connectivity index (χ0) is 22.7. The topological polar surface area (TPSA) is 78.8 Å². The first-order valence-corrected chi connectivity index (χ1v) is 11.6. The summed E-state index contributed by atoms with van der Waals surface area (Å²) in [6, 6.07) is 13.5. The van der Waals surface area contributed by atoms with E-state index in [0.29, 0.717) is 11.4 Å². The number of nitrogens with zero attached hydrogens (tertiary/aromatic N) is 2. The van der Waals surface area contributed by atoms with E-state index in [1.165, 1.54) is 5.56 Å². The van der Waals surface area contributed by atoms with Gasteiger partial charge in [-0.2, -0.15) is 5.10 Å². The van der Waals surface area contributed by atoms with Gasteiger partial charge in [-0.1, -0.05) is 63.2 Å². The molecule has 0 heterocycles. The summed E-state index contributed by atoms with van der Waals surface area (Å²) in [6.07, 6.45) is 1.09. The van der Waals surface area contributed by atoms with Crippen molar-refractivity contribution >= 4 is 27.3 Å². The van der Waals surface area contributed by atoms with E-state index >= 15 is 0 Å². The molecule has 0 spiro atoms. The van der Waals surface area contributed by atoms with Crippen LogP contribution in [0.2, 0.25) is 0 Å². The van der Waals surface area contributed by atoms with E-state index in [-0.39, 0.29) is 12.0 Å². The Morgan fingerprint density at radius 2 is 1.57 bits per heavy atom. The molecule has 30 heavy (non-hydrogen) atoms. The molecule has 0 aliphatic carbocycles. The molecule has 0 unspecified atom stereocenters. The van der Waals surface area contributed by atoms with Crippen molar-refractivity contribution in [1.82, 2.24) is 5.43 Å². The van der Waals surface area contributed by atoms with Gasteiger partial charge < -0.3 is 0 Å². The van der Waals surface area contributed by atoms with Crippen LogP contribution in [0, 0.1) is 13.8 Å². The van der Waals surface area contributed by atoms with E-state index in [1.54, 1.807) is 6.92 Å². The van der Waals surface area contributed by atoms with Crippen LogP contribution in [0.3, 0.4) is 0 Å². The van der Waals surface area contributed by atoms with Crippen LogP contribution >= 0.6 is 0 Å². The maximum Gasteiger partial charge on any atom is 0.260 e. The van der Waals surface area contributed by atoms with E-state index in [0.717, 1.165) is 27.3 Å². The highest BCUT2D eigenvalue weighted by molar-refractivity contribution is 7.92. The maximum absolute atomic E-state index is 12.5. The molecule has 0 aliphatic heterocycles. The number of carbonyl (C=O) groups is 1. The number of amides is 1. The number of sulfonamides is 1. The minimum Gasteiger partial charge on any atom is -0.271 e. The van der Waals surface area contributed by atoms with Crippen LogP contribution in [-0.4, -0.2) is 32.8 Å². The lowest BCUT2D eigenvalue weighted by molar-refractivity contribution is -0.119. The number of nitrogens with one attached hydrogen (secondary N) is 1. The number of para-hydroxylation sites is 1. The van der Waals surface area contributed by atoms with Crippen molar-refractivity contribution in [2.45, 2.75) is 47.0 Å². The number of anilines is 1. The van der Waals surface area contributed by atoms with Gasteiger partial charge in [-0.3, -0.25) is 9.10 Å². The minimum atomic E-state index is -3.64. The van der Waals surface area contributed by atoms with Crippen LogP contribution in [0.15, 0.2) is 47.6 Å². The Bertz CT molecular complexity index is 1030. The van der Waals surface area contributed by atoms with Crippen LogP contribution in [-0.2, 0) is 20.2 Å². The zero-order valence-electron chi connectivity index (χ0n) is 18.8. The summed E-state index contributed by atoms with van der Waals surface area (Å²) in [4.78, 5) is 12.5. The van der Waals surface area contributed by atoms with Gasteiger partial charge in [0, 0.05) is 0 Å². The summed E-state index contributed by atoms with van der Waals surface area (Å²) < 4.78 is 25.8. The van der Waals surface area contributed by atoms with Crippen molar-refractivity contribution < 1.29 is 13.2 Å². The number of aryl methyl sites for hydroxylation is 2. The van der Waals surface area contributed by atoms with Gasteiger partial charge in [-0.15, -0.1) is 0 Å². The van der Waals surface area contributed by atoms with Crippen LogP contribution < -0.4 is 9.73 Å². The average Bonchev–Trinajstić information content (AvgIpc) is 2.63. The standard InChI is InChI=1S/C23H31N3O3S/c1-16-9-8-10-17(2)22(16)26(30(7,28)29)15-21(27)25-24-18(3)19-11-13-20(14-12-19)23(4,5)6/h8-14H,15H2,1-7H3,(H,25,27)/b24-18-. The minimum absolute atomic E-state index is 0.0561. The highest BCUT2D eigenvalue weighted by atomic mass is 32.2. The Kier molecular flexibility index (Phi) is 7.08. The van der Waals surface area contributed by atoms with Crippen LogP contribution in [0.1, 0.15) is 49.9 Å². The largest absolute Gasteiger partial charge is 0.271 e. The van der Waals surface area contributed by atoms with Gasteiger partial charge in [0.25, 0.3) is 5.91 Å². The molecule has 0 saturated heterocycles. The smallest absolute Gasteiger partial charge is 0.260 e. The summed E-state index contributed by atoms with van der Waals surface area (Å²) in [5.74, 6) is -0.506. The predicted octanol–water partition coefficient (Wildman–Crippen LogP) is 3.91. The highest BCUT2D eigenvalue weighted by Crippen LogP contribution is 2.26. The van der Waals surface area contributed by atoms with Gasteiger partial charge in [0.1, 0.15) is 6.54 Å². The first-order chi connectivity index (χ1) is 13.8. The summed E-state index contributed by atoms with van der Waals surface area (Å²) in [5, 5.41) is 4.16. The number of benzene rings is 2. The molecule has 0 bridgehead atoms. The molecule has 2 aromatic carbocycles. The summed E-state index contributed by atoms with van der Waals surface area (Å²) >= 11 is 0. The van der Waals surface area contributed by atoms with E-state index < -0.39 is 15.9 Å². The molecule has 0 atom stereocenters. The Balaban J connectivity index is 2.18. The number of hydrazone groups is 1. The lowest BCUT2D eigenvalue weighted by atomic mass is 9.86. The summed E-state index contributed by atoms with van der Waals surface area (Å²) in [7, 11) is -3.64. The Morgan fingerprint density at radius 1 is 1.03 bits per heavy atom. The second-order valence-electron chi connectivity index (χ2n) is 8.57. The molecule has 1 N–H and O–H groups in total. The average molecular weight is 430 g/mol. The van der Waals surface area contributed by atoms with Crippen molar-refractivity contribution in [2.24, 2.45) is 5.10 Å². The fourth-order valence-corrected chi connectivity index (χ4v) is 4.12. The molecule has 0 fully saturated rings. The molecule has 0 saturated carbocycles. The maximum atomic E-state index is 12.5. The molecule has 2 rings (SSSR count). The number of hydrogen-bond acceptors (Lipinski definition) is 4. The van der Waals surface area contributed by atoms with Crippen LogP contribution in [0.4, 0.5) is 5.69 Å². The molecule has 1 amide bonds. The SMILES string of the molecule is C/C(=N/NC(=O)CN(c1c(C)cccc1C)S(C)(=O)=O)c1ccc(C(C)(C)C)cc1. The Labute approximate surface area is 180 Å². The number of carbonyl (C=O) groups excluding carboxylic acids is 1. The quantitative estimate of drug-likeness (QED) is 0.559. The molecule has 0 aliphatic rings. The second-order valence-corrected chi connectivity index (χ2v) is 10.5. The summed E-state index contributed by atoms with van der Waals surface area (Å²) in [6.45, 7) is 11.5. The van der Waals surface area contributed by atoms with E-state index in [1.807, 2.05) is 56.3 Å². The van der Waals surface area contributed by atoms with E-state index in [2.05, 4.69) is 31.3 Å². The van der Waals surface area contributed by atoms with E-state index in [4.69, 9.17) is 0 Å². The lowest BCUT2D eigenvalue weighted by Gasteiger charge is -2.25. The van der Waals surface area contributed by atoms with Crippen molar-refractivity contribution in [1.29, 1.82) is 0 Å². The van der Waals surface area contributed by atoms with Crippen molar-refractivity contribution in [3.05, 3.63) is 64.7 Å². The third kappa shape index (κ3) is 5.92. The Hall–Kier alpha value is -2.67. The number of hydrogen-bond donors (Lipinski definition) is 1. The van der Waals surface area contributed by atoms with E-state index in [9.17, 15) is 13.2 Å². The summed E-state index contributed by atoms with van der Waals surface area (Å²) in [5.41, 5.74) is 7.36. The van der Waals surface area contributed by atoms with Crippen LogP contribution in [0.5, 0.6) is 0 Å². The van der Waals surface area contributed by atoms with Crippen LogP contribution in [0.25, 0.3) is 0 Å². The first-order valence-electron chi connectivity index (χ1n) is 9.78. The van der Waals surface area contributed by atoms with Crippen molar-refractivity contribution in [3.63, 3.8) is 0 Å². The third-order valence-corrected chi connectivity index (χ3v) is 6.01. The van der Waals surface area contributed by atoms with Gasteiger partial charge in [0.05, 0.1) is 17.7 Å². The molecule has 0 aromatic heterocycles. The fraction of sp³-hybridized carbons (Fsp3) is 0.391. The van der Waals surface area contributed by atoms with Gasteiger partial charge in [-0.25, -0.2) is 13.8 Å². The molecule has 162 valence electrons. The van der Waals surface area contributed by atoms with Gasteiger partial charge >= 0.3 is 0 Å². The Morgan fingerprint density at radius 3 is 2.03 bits per heavy atom. The molecular formula is C23H31N3O3S. The number of rotatable bonds is 6. The lowest BCUT2D eigenvalue weighted by Crippen LogP contribution is -2.40. The van der Waals surface area contributed by atoms with Crippen molar-refractivity contribution in [3.8, 4) is 0 Å².